The Hall–Kier alpha value is -3.89. The van der Waals surface area contributed by atoms with Crippen LogP contribution in [0.5, 0.6) is 0 Å². The summed E-state index contributed by atoms with van der Waals surface area (Å²) in [4.78, 5) is 42.6. The standard InChI is InChI=1S/C14H10N4O7/c1-8-11(3-2-4-12(8)17(22)23)15-14(19)10-6-5-9(16(20)21)7-13(10)18(24)25/h2-7H,1H3,(H,15,19). The highest BCUT2D eigenvalue weighted by Crippen LogP contribution is 2.28. The SMILES string of the molecule is Cc1c(NC(=O)c2ccc([N+](=O)[O-])cc2[N+](=O)[O-])cccc1[N+](=O)[O-]. The quantitative estimate of drug-likeness (QED) is 0.643. The van der Waals surface area contributed by atoms with E-state index in [4.69, 9.17) is 0 Å². The van der Waals surface area contributed by atoms with Gasteiger partial charge in [-0.25, -0.2) is 0 Å². The van der Waals surface area contributed by atoms with Gasteiger partial charge in [-0.3, -0.25) is 35.1 Å². The minimum atomic E-state index is -0.914. The van der Waals surface area contributed by atoms with Crippen molar-refractivity contribution in [3.05, 3.63) is 77.9 Å². The van der Waals surface area contributed by atoms with Crippen molar-refractivity contribution in [1.29, 1.82) is 0 Å². The zero-order valence-corrected chi connectivity index (χ0v) is 12.7. The van der Waals surface area contributed by atoms with Gasteiger partial charge in [-0.1, -0.05) is 6.07 Å². The van der Waals surface area contributed by atoms with Gasteiger partial charge in [0, 0.05) is 12.1 Å². The van der Waals surface area contributed by atoms with E-state index in [1.165, 1.54) is 25.1 Å². The third kappa shape index (κ3) is 3.55. The van der Waals surface area contributed by atoms with E-state index in [0.29, 0.717) is 6.07 Å². The number of carbonyl (C=O) groups excluding carboxylic acids is 1. The number of hydrogen-bond acceptors (Lipinski definition) is 7. The highest BCUT2D eigenvalue weighted by molar-refractivity contribution is 6.07. The highest BCUT2D eigenvalue weighted by atomic mass is 16.6. The predicted molar refractivity (Wildman–Crippen MR) is 85.5 cm³/mol. The number of carbonyl (C=O) groups is 1. The van der Waals surface area contributed by atoms with Gasteiger partial charge in [-0.2, -0.15) is 0 Å². The van der Waals surface area contributed by atoms with Gasteiger partial charge in [-0.05, 0) is 19.1 Å². The van der Waals surface area contributed by atoms with Crippen LogP contribution < -0.4 is 5.32 Å². The van der Waals surface area contributed by atoms with E-state index < -0.39 is 37.6 Å². The van der Waals surface area contributed by atoms with Crippen molar-refractivity contribution >= 4 is 28.7 Å². The van der Waals surface area contributed by atoms with Crippen LogP contribution in [-0.2, 0) is 0 Å². The molecule has 2 aromatic carbocycles. The Kier molecular flexibility index (Phi) is 4.68. The van der Waals surface area contributed by atoms with Gasteiger partial charge < -0.3 is 5.32 Å². The zero-order valence-electron chi connectivity index (χ0n) is 12.7. The Labute approximate surface area is 139 Å². The summed E-state index contributed by atoms with van der Waals surface area (Å²) in [6.45, 7) is 1.41. The molecule has 2 aromatic rings. The molecule has 0 radical (unpaired) electrons. The van der Waals surface area contributed by atoms with Crippen molar-refractivity contribution in [2.24, 2.45) is 0 Å². The first-order valence-corrected chi connectivity index (χ1v) is 6.70. The molecule has 0 aliphatic heterocycles. The molecule has 0 aliphatic carbocycles. The van der Waals surface area contributed by atoms with Crippen LogP contribution in [0.4, 0.5) is 22.7 Å². The van der Waals surface area contributed by atoms with Crippen LogP contribution in [0.15, 0.2) is 36.4 Å². The number of nitrogens with zero attached hydrogens (tertiary/aromatic N) is 3. The molecule has 0 atom stereocenters. The van der Waals surface area contributed by atoms with Gasteiger partial charge in [-0.15, -0.1) is 0 Å². The molecule has 11 heteroatoms. The second-order valence-electron chi connectivity index (χ2n) is 4.88. The Morgan fingerprint density at radius 3 is 2.12 bits per heavy atom. The second kappa shape index (κ2) is 6.70. The topological polar surface area (TPSA) is 159 Å². The molecule has 0 saturated carbocycles. The van der Waals surface area contributed by atoms with E-state index in [1.54, 1.807) is 0 Å². The van der Waals surface area contributed by atoms with Crippen LogP contribution in [0, 0.1) is 37.3 Å². The largest absolute Gasteiger partial charge is 0.321 e. The first-order chi connectivity index (χ1) is 11.7. The second-order valence-corrected chi connectivity index (χ2v) is 4.88. The summed E-state index contributed by atoms with van der Waals surface area (Å²) in [5, 5.41) is 35.1. The normalized spacial score (nSPS) is 10.1. The molecule has 0 saturated heterocycles. The number of nitrogens with one attached hydrogen (secondary N) is 1. The Balaban J connectivity index is 2.42. The molecule has 128 valence electrons. The molecule has 0 spiro atoms. The van der Waals surface area contributed by atoms with E-state index >= 15 is 0 Å². The number of nitro benzene ring substituents is 3. The van der Waals surface area contributed by atoms with Crippen molar-refractivity contribution in [3.8, 4) is 0 Å². The molecule has 11 nitrogen and oxygen atoms in total. The molecule has 0 unspecified atom stereocenters. The first kappa shape index (κ1) is 17.5. The fourth-order valence-electron chi connectivity index (χ4n) is 2.12. The summed E-state index contributed by atoms with van der Waals surface area (Å²) < 4.78 is 0. The van der Waals surface area contributed by atoms with E-state index in [0.717, 1.165) is 12.1 Å². The molecule has 0 aromatic heterocycles. The van der Waals surface area contributed by atoms with E-state index in [2.05, 4.69) is 5.32 Å². The molecule has 0 heterocycles. The van der Waals surface area contributed by atoms with Gasteiger partial charge in [0.1, 0.15) is 5.56 Å². The van der Waals surface area contributed by atoms with Crippen LogP contribution in [0.3, 0.4) is 0 Å². The fourth-order valence-corrected chi connectivity index (χ4v) is 2.12. The van der Waals surface area contributed by atoms with E-state index in [9.17, 15) is 35.1 Å². The summed E-state index contributed by atoms with van der Waals surface area (Å²) in [6, 6.07) is 6.59. The number of non-ortho nitro benzene ring substituents is 1. The Bertz CT molecular complexity index is 910. The van der Waals surface area contributed by atoms with Gasteiger partial charge in [0.15, 0.2) is 0 Å². The summed E-state index contributed by atoms with van der Waals surface area (Å²) in [6.07, 6.45) is 0. The number of rotatable bonds is 5. The fraction of sp³-hybridized carbons (Fsp3) is 0.0714. The lowest BCUT2D eigenvalue weighted by Crippen LogP contribution is -2.15. The average Bonchev–Trinajstić information content (AvgIpc) is 2.55. The Morgan fingerprint density at radius 1 is 0.920 bits per heavy atom. The number of anilines is 1. The smallest absolute Gasteiger partial charge is 0.289 e. The van der Waals surface area contributed by atoms with Gasteiger partial charge in [0.05, 0.1) is 32.1 Å². The summed E-state index contributed by atoms with van der Waals surface area (Å²) >= 11 is 0. The predicted octanol–water partition coefficient (Wildman–Crippen LogP) is 2.97. The lowest BCUT2D eigenvalue weighted by molar-refractivity contribution is -0.394. The van der Waals surface area contributed by atoms with Gasteiger partial charge in [0.25, 0.3) is 23.0 Å². The summed E-state index contributed by atoms with van der Waals surface area (Å²) in [5.41, 5.74) is -1.63. The Morgan fingerprint density at radius 2 is 1.56 bits per heavy atom. The average molecular weight is 346 g/mol. The lowest BCUT2D eigenvalue weighted by atomic mass is 10.1. The van der Waals surface area contributed by atoms with Gasteiger partial charge in [0.2, 0.25) is 0 Å². The lowest BCUT2D eigenvalue weighted by Gasteiger charge is -2.09. The van der Waals surface area contributed by atoms with Crippen LogP contribution in [-0.4, -0.2) is 20.7 Å². The first-order valence-electron chi connectivity index (χ1n) is 6.70. The summed E-state index contributed by atoms with van der Waals surface area (Å²) in [7, 11) is 0. The maximum absolute atomic E-state index is 12.3. The van der Waals surface area contributed by atoms with Crippen molar-refractivity contribution < 1.29 is 19.6 Å². The van der Waals surface area contributed by atoms with Crippen LogP contribution in [0.2, 0.25) is 0 Å². The molecule has 25 heavy (non-hydrogen) atoms. The van der Waals surface area contributed by atoms with Crippen LogP contribution >= 0.6 is 0 Å². The summed E-state index contributed by atoms with van der Waals surface area (Å²) in [5.74, 6) is -0.912. The molecule has 1 amide bonds. The van der Waals surface area contributed by atoms with Crippen LogP contribution in [0.1, 0.15) is 15.9 Å². The number of amides is 1. The molecule has 2 rings (SSSR count). The molecule has 1 N–H and O–H groups in total. The minimum absolute atomic E-state index is 0.104. The molecule has 0 fully saturated rings. The third-order valence-corrected chi connectivity index (χ3v) is 3.38. The van der Waals surface area contributed by atoms with Crippen molar-refractivity contribution in [1.82, 2.24) is 0 Å². The van der Waals surface area contributed by atoms with Crippen molar-refractivity contribution in [3.63, 3.8) is 0 Å². The van der Waals surface area contributed by atoms with Gasteiger partial charge >= 0.3 is 0 Å². The monoisotopic (exact) mass is 346 g/mol. The van der Waals surface area contributed by atoms with E-state index in [-0.39, 0.29) is 16.9 Å². The van der Waals surface area contributed by atoms with Crippen molar-refractivity contribution in [2.75, 3.05) is 5.32 Å². The number of hydrogen-bond donors (Lipinski definition) is 1. The minimum Gasteiger partial charge on any atom is -0.321 e. The van der Waals surface area contributed by atoms with Crippen molar-refractivity contribution in [2.45, 2.75) is 6.92 Å². The number of nitro groups is 3. The maximum Gasteiger partial charge on any atom is 0.289 e. The van der Waals surface area contributed by atoms with Crippen LogP contribution in [0.25, 0.3) is 0 Å². The highest BCUT2D eigenvalue weighted by Gasteiger charge is 2.25. The molecular formula is C14H10N4O7. The third-order valence-electron chi connectivity index (χ3n) is 3.38. The molecular weight excluding hydrogens is 336 g/mol. The number of benzene rings is 2. The molecule has 0 aliphatic rings. The zero-order chi connectivity index (χ0) is 18.7. The molecule has 0 bridgehead atoms. The van der Waals surface area contributed by atoms with E-state index in [1.807, 2.05) is 0 Å². The maximum atomic E-state index is 12.3.